The summed E-state index contributed by atoms with van der Waals surface area (Å²) < 4.78 is 17.0. The van der Waals surface area contributed by atoms with Crippen LogP contribution in [0.1, 0.15) is 19.4 Å². The molecule has 1 aromatic rings. The number of pyridine rings is 1. The summed E-state index contributed by atoms with van der Waals surface area (Å²) in [4.78, 5) is 4.04. The molecule has 5 nitrogen and oxygen atoms in total. The van der Waals surface area contributed by atoms with Crippen molar-refractivity contribution in [1.82, 2.24) is 11.1 Å². The fourth-order valence-electron chi connectivity index (χ4n) is 1.61. The lowest BCUT2D eigenvalue weighted by Crippen LogP contribution is -2.44. The van der Waals surface area contributed by atoms with E-state index in [-0.39, 0.29) is 17.9 Å². The quantitative estimate of drug-likeness (QED) is 0.894. The third kappa shape index (κ3) is 3.94. The van der Waals surface area contributed by atoms with Gasteiger partial charge in [-0.05, 0) is 32.4 Å². The first-order valence-electron chi connectivity index (χ1n) is 5.86. The van der Waals surface area contributed by atoms with Gasteiger partial charge in [0.2, 0.25) is 0 Å². The van der Waals surface area contributed by atoms with Gasteiger partial charge in [-0.1, -0.05) is 0 Å². The second-order valence-electron chi connectivity index (χ2n) is 4.96. The van der Waals surface area contributed by atoms with Gasteiger partial charge in [-0.25, -0.2) is 0 Å². The molecule has 1 saturated heterocycles. The van der Waals surface area contributed by atoms with E-state index in [4.69, 9.17) is 14.2 Å². The molecule has 0 aliphatic carbocycles. The van der Waals surface area contributed by atoms with Crippen molar-refractivity contribution >= 4 is 0 Å². The standard InChI is InChI=1S/C13H19NO3.H3N/c1-10-4-5-14-6-12(10)15-7-11-8-17-13(2,3)9-16-11;/h4-6,11H,7-9H2,1-3H3;1H3. The summed E-state index contributed by atoms with van der Waals surface area (Å²) in [5.74, 6) is 0.806. The van der Waals surface area contributed by atoms with Crippen molar-refractivity contribution in [2.45, 2.75) is 32.5 Å². The van der Waals surface area contributed by atoms with Crippen LogP contribution in [0.4, 0.5) is 0 Å². The first-order valence-corrected chi connectivity index (χ1v) is 5.86. The van der Waals surface area contributed by atoms with Gasteiger partial charge in [-0.15, -0.1) is 0 Å². The first-order chi connectivity index (χ1) is 8.07. The minimum Gasteiger partial charge on any atom is -0.489 e. The highest BCUT2D eigenvalue weighted by Gasteiger charge is 2.28. The zero-order chi connectivity index (χ0) is 12.3. The summed E-state index contributed by atoms with van der Waals surface area (Å²) in [5.41, 5.74) is 0.901. The highest BCUT2D eigenvalue weighted by atomic mass is 16.6. The van der Waals surface area contributed by atoms with Gasteiger partial charge in [-0.2, -0.15) is 0 Å². The Morgan fingerprint density at radius 2 is 2.28 bits per heavy atom. The minimum absolute atomic E-state index is 0. The van der Waals surface area contributed by atoms with Gasteiger partial charge in [-0.3, -0.25) is 4.98 Å². The number of hydrogen-bond donors (Lipinski definition) is 1. The van der Waals surface area contributed by atoms with Crippen LogP contribution in [0.15, 0.2) is 18.5 Å². The molecular formula is C13H22N2O3. The second-order valence-corrected chi connectivity index (χ2v) is 4.96. The Labute approximate surface area is 108 Å². The van der Waals surface area contributed by atoms with E-state index in [2.05, 4.69) is 4.98 Å². The minimum atomic E-state index is -0.180. The second kappa shape index (κ2) is 6.13. The Kier molecular flexibility index (Phi) is 5.07. The van der Waals surface area contributed by atoms with E-state index in [0.717, 1.165) is 11.3 Å². The van der Waals surface area contributed by atoms with Crippen LogP contribution in [0.25, 0.3) is 0 Å². The van der Waals surface area contributed by atoms with E-state index in [1.807, 2.05) is 26.8 Å². The number of ether oxygens (including phenoxy) is 3. The molecule has 102 valence electrons. The Hall–Kier alpha value is -1.17. The van der Waals surface area contributed by atoms with Gasteiger partial charge in [0.15, 0.2) is 0 Å². The van der Waals surface area contributed by atoms with Crippen LogP contribution < -0.4 is 10.9 Å². The highest BCUT2D eigenvalue weighted by molar-refractivity contribution is 5.27. The average Bonchev–Trinajstić information content (AvgIpc) is 2.30. The topological polar surface area (TPSA) is 75.6 Å². The maximum absolute atomic E-state index is 5.68. The normalized spacial score (nSPS) is 22.1. The Balaban J connectivity index is 0.00000162. The summed E-state index contributed by atoms with van der Waals surface area (Å²) >= 11 is 0. The van der Waals surface area contributed by atoms with E-state index in [1.165, 1.54) is 0 Å². The molecule has 2 heterocycles. The van der Waals surface area contributed by atoms with Gasteiger partial charge in [0.05, 0.1) is 25.0 Å². The van der Waals surface area contributed by atoms with Crippen molar-refractivity contribution in [2.75, 3.05) is 19.8 Å². The van der Waals surface area contributed by atoms with Crippen LogP contribution in [0.2, 0.25) is 0 Å². The SMILES string of the molecule is Cc1ccncc1OCC1COC(C)(C)CO1.N. The van der Waals surface area contributed by atoms with Crippen molar-refractivity contribution < 1.29 is 14.2 Å². The number of rotatable bonds is 3. The van der Waals surface area contributed by atoms with Gasteiger partial charge in [0.25, 0.3) is 0 Å². The maximum Gasteiger partial charge on any atom is 0.140 e. The molecular weight excluding hydrogens is 232 g/mol. The van der Waals surface area contributed by atoms with E-state index >= 15 is 0 Å². The maximum atomic E-state index is 5.68. The Morgan fingerprint density at radius 1 is 1.50 bits per heavy atom. The molecule has 3 N–H and O–H groups in total. The number of aromatic nitrogens is 1. The zero-order valence-electron chi connectivity index (χ0n) is 11.3. The number of aryl methyl sites for hydroxylation is 1. The van der Waals surface area contributed by atoms with E-state index in [9.17, 15) is 0 Å². The predicted molar refractivity (Wildman–Crippen MR) is 69.3 cm³/mol. The molecule has 0 aromatic carbocycles. The van der Waals surface area contributed by atoms with Gasteiger partial charge in [0, 0.05) is 6.20 Å². The smallest absolute Gasteiger partial charge is 0.140 e. The van der Waals surface area contributed by atoms with Crippen LogP contribution in [-0.4, -0.2) is 36.5 Å². The Bertz CT molecular complexity index is 372. The summed E-state index contributed by atoms with van der Waals surface area (Å²) in [6.45, 7) is 7.73. The van der Waals surface area contributed by atoms with Gasteiger partial charge < -0.3 is 20.4 Å². The van der Waals surface area contributed by atoms with Gasteiger partial charge >= 0.3 is 0 Å². The molecule has 1 fully saturated rings. The van der Waals surface area contributed by atoms with Crippen molar-refractivity contribution in [3.63, 3.8) is 0 Å². The summed E-state index contributed by atoms with van der Waals surface area (Å²) in [7, 11) is 0. The number of hydrogen-bond acceptors (Lipinski definition) is 5. The van der Waals surface area contributed by atoms with Crippen LogP contribution in [0, 0.1) is 6.92 Å². The fourth-order valence-corrected chi connectivity index (χ4v) is 1.61. The van der Waals surface area contributed by atoms with E-state index < -0.39 is 0 Å². The highest BCUT2D eigenvalue weighted by Crippen LogP contribution is 2.19. The summed E-state index contributed by atoms with van der Waals surface area (Å²) in [5, 5.41) is 0. The molecule has 18 heavy (non-hydrogen) atoms. The van der Waals surface area contributed by atoms with Crippen molar-refractivity contribution in [2.24, 2.45) is 0 Å². The van der Waals surface area contributed by atoms with Crippen LogP contribution in [0.5, 0.6) is 5.75 Å². The lowest BCUT2D eigenvalue weighted by molar-refractivity contribution is -0.181. The average molecular weight is 254 g/mol. The van der Waals surface area contributed by atoms with Gasteiger partial charge in [0.1, 0.15) is 18.5 Å². The molecule has 1 atom stereocenters. The Morgan fingerprint density at radius 3 is 2.89 bits per heavy atom. The number of nitrogens with zero attached hydrogens (tertiary/aromatic N) is 1. The zero-order valence-corrected chi connectivity index (χ0v) is 11.3. The third-order valence-electron chi connectivity index (χ3n) is 2.74. The van der Waals surface area contributed by atoms with Crippen molar-refractivity contribution in [3.05, 3.63) is 24.0 Å². The monoisotopic (exact) mass is 254 g/mol. The van der Waals surface area contributed by atoms with Crippen LogP contribution in [0.3, 0.4) is 0 Å². The van der Waals surface area contributed by atoms with Crippen molar-refractivity contribution in [3.8, 4) is 5.75 Å². The predicted octanol–water partition coefficient (Wildman–Crippen LogP) is 2.12. The molecule has 1 aliphatic heterocycles. The first kappa shape index (κ1) is 14.9. The van der Waals surface area contributed by atoms with E-state index in [0.29, 0.717) is 19.8 Å². The molecule has 5 heteroatoms. The summed E-state index contributed by atoms with van der Waals surface area (Å²) in [6.07, 6.45) is 3.48. The van der Waals surface area contributed by atoms with E-state index in [1.54, 1.807) is 12.4 Å². The fraction of sp³-hybridized carbons (Fsp3) is 0.615. The lowest BCUT2D eigenvalue weighted by atomic mass is 10.1. The molecule has 1 aliphatic rings. The largest absolute Gasteiger partial charge is 0.489 e. The van der Waals surface area contributed by atoms with Crippen LogP contribution >= 0.6 is 0 Å². The molecule has 1 aromatic heterocycles. The molecule has 2 rings (SSSR count). The molecule has 0 radical (unpaired) electrons. The molecule has 0 spiro atoms. The lowest BCUT2D eigenvalue weighted by Gasteiger charge is -2.34. The van der Waals surface area contributed by atoms with Crippen molar-refractivity contribution in [1.29, 1.82) is 0 Å². The molecule has 0 bridgehead atoms. The molecule has 0 amide bonds. The third-order valence-corrected chi connectivity index (χ3v) is 2.74. The van der Waals surface area contributed by atoms with Crippen LogP contribution in [-0.2, 0) is 9.47 Å². The molecule has 0 saturated carbocycles. The summed E-state index contributed by atoms with van der Waals surface area (Å²) in [6, 6.07) is 1.93. The molecule has 1 unspecified atom stereocenters.